The van der Waals surface area contributed by atoms with Crippen LogP contribution in [0.2, 0.25) is 0 Å². The molecule has 0 saturated carbocycles. The van der Waals surface area contributed by atoms with Gasteiger partial charge < -0.3 is 10.6 Å². The lowest BCUT2D eigenvalue weighted by molar-refractivity contribution is -0.116. The minimum atomic E-state index is -0.127. The summed E-state index contributed by atoms with van der Waals surface area (Å²) in [4.78, 5) is 23.9. The largest absolute Gasteiger partial charge is 0.352 e. The first-order valence-electron chi connectivity index (χ1n) is 8.23. The van der Waals surface area contributed by atoms with Gasteiger partial charge in [-0.05, 0) is 42.2 Å². The Bertz CT molecular complexity index is 849. The van der Waals surface area contributed by atoms with E-state index in [4.69, 9.17) is 0 Å². The van der Waals surface area contributed by atoms with Gasteiger partial charge in [-0.2, -0.15) is 0 Å². The smallest absolute Gasteiger partial charge is 0.251 e. The zero-order valence-corrected chi connectivity index (χ0v) is 14.8. The molecule has 1 aromatic heterocycles. The maximum atomic E-state index is 12.0. The van der Waals surface area contributed by atoms with Crippen molar-refractivity contribution in [3.8, 4) is 11.3 Å². The fourth-order valence-electron chi connectivity index (χ4n) is 2.38. The molecule has 7 heteroatoms. The van der Waals surface area contributed by atoms with E-state index in [0.29, 0.717) is 24.9 Å². The molecule has 2 amide bonds. The van der Waals surface area contributed by atoms with Crippen molar-refractivity contribution in [2.24, 2.45) is 0 Å². The third kappa shape index (κ3) is 4.97. The van der Waals surface area contributed by atoms with Crippen molar-refractivity contribution in [3.63, 3.8) is 0 Å². The molecule has 6 nitrogen and oxygen atoms in total. The van der Waals surface area contributed by atoms with Gasteiger partial charge in [-0.3, -0.25) is 9.59 Å². The molecule has 3 rings (SSSR count). The van der Waals surface area contributed by atoms with Gasteiger partial charge in [0.25, 0.3) is 5.91 Å². The van der Waals surface area contributed by atoms with Gasteiger partial charge in [0.15, 0.2) is 0 Å². The lowest BCUT2D eigenvalue weighted by Gasteiger charge is -2.07. The number of carbonyl (C=O) groups is 2. The third-order valence-electron chi connectivity index (χ3n) is 3.73. The van der Waals surface area contributed by atoms with E-state index < -0.39 is 0 Å². The van der Waals surface area contributed by atoms with E-state index in [0.717, 1.165) is 16.9 Å². The molecule has 0 bridgehead atoms. The minimum absolute atomic E-state index is 0.0814. The molecule has 132 valence electrons. The second-order valence-corrected chi connectivity index (χ2v) is 6.25. The highest BCUT2D eigenvalue weighted by molar-refractivity contribution is 7.03. The highest BCUT2D eigenvalue weighted by Crippen LogP contribution is 2.20. The van der Waals surface area contributed by atoms with Gasteiger partial charge in [0.05, 0.1) is 0 Å². The average Bonchev–Trinajstić information content (AvgIpc) is 3.21. The molecule has 2 N–H and O–H groups in total. The summed E-state index contributed by atoms with van der Waals surface area (Å²) in [6, 6.07) is 16.5. The molecule has 0 aliphatic heterocycles. The van der Waals surface area contributed by atoms with E-state index in [1.54, 1.807) is 12.1 Å². The van der Waals surface area contributed by atoms with Gasteiger partial charge in [0.2, 0.25) is 5.91 Å². The first-order valence-corrected chi connectivity index (χ1v) is 9.06. The summed E-state index contributed by atoms with van der Waals surface area (Å²) in [5.74, 6) is -0.208. The summed E-state index contributed by atoms with van der Waals surface area (Å²) >= 11 is 1.30. The molecule has 0 unspecified atom stereocenters. The lowest BCUT2D eigenvalue weighted by atomic mass is 10.1. The van der Waals surface area contributed by atoms with E-state index in [1.807, 2.05) is 47.8 Å². The predicted molar refractivity (Wildman–Crippen MR) is 102 cm³/mol. The number of nitrogens with one attached hydrogen (secondary N) is 2. The van der Waals surface area contributed by atoms with Crippen LogP contribution in [-0.2, 0) is 4.79 Å². The molecule has 0 atom stereocenters. The molecular weight excluding hydrogens is 348 g/mol. The number of anilines is 1. The van der Waals surface area contributed by atoms with Crippen molar-refractivity contribution >= 4 is 29.0 Å². The summed E-state index contributed by atoms with van der Waals surface area (Å²) in [6.45, 7) is 0.455. The molecule has 0 aliphatic rings. The van der Waals surface area contributed by atoms with Crippen LogP contribution in [0, 0.1) is 0 Å². The zero-order valence-electron chi connectivity index (χ0n) is 14.0. The van der Waals surface area contributed by atoms with Crippen molar-refractivity contribution in [2.75, 3.05) is 11.9 Å². The molecule has 26 heavy (non-hydrogen) atoms. The van der Waals surface area contributed by atoms with Crippen LogP contribution >= 0.6 is 11.5 Å². The Morgan fingerprint density at radius 1 is 1.00 bits per heavy atom. The predicted octanol–water partition coefficient (Wildman–Crippen LogP) is 3.35. The number of nitrogens with zero attached hydrogens (tertiary/aromatic N) is 2. The molecule has 0 saturated heterocycles. The second-order valence-electron chi connectivity index (χ2n) is 5.64. The van der Waals surface area contributed by atoms with E-state index in [1.165, 1.54) is 11.5 Å². The third-order valence-corrected chi connectivity index (χ3v) is 4.23. The fraction of sp³-hybridized carbons (Fsp3) is 0.158. The molecule has 1 heterocycles. The van der Waals surface area contributed by atoms with Crippen LogP contribution in [-0.4, -0.2) is 27.9 Å². The maximum absolute atomic E-state index is 12.0. The quantitative estimate of drug-likeness (QED) is 0.628. The maximum Gasteiger partial charge on any atom is 0.251 e. The normalized spacial score (nSPS) is 10.3. The zero-order chi connectivity index (χ0) is 18.2. The first kappa shape index (κ1) is 17.8. The molecule has 0 aliphatic carbocycles. The Hall–Kier alpha value is -3.06. The van der Waals surface area contributed by atoms with E-state index in [-0.39, 0.29) is 11.8 Å². The van der Waals surface area contributed by atoms with Crippen molar-refractivity contribution < 1.29 is 9.59 Å². The second kappa shape index (κ2) is 8.87. The molecule has 0 fully saturated rings. The van der Waals surface area contributed by atoms with E-state index in [9.17, 15) is 9.59 Å². The number of hydrogen-bond acceptors (Lipinski definition) is 5. The van der Waals surface area contributed by atoms with Gasteiger partial charge in [-0.15, -0.1) is 5.10 Å². The number of hydrogen-bond donors (Lipinski definition) is 2. The van der Waals surface area contributed by atoms with Crippen molar-refractivity contribution in [1.82, 2.24) is 14.9 Å². The molecular formula is C19H18N4O2S. The van der Waals surface area contributed by atoms with Gasteiger partial charge in [-0.25, -0.2) is 0 Å². The Labute approximate surface area is 155 Å². The van der Waals surface area contributed by atoms with Crippen LogP contribution in [0.15, 0.2) is 60.0 Å². The standard InChI is InChI=1S/C19H18N4O2S/c24-18(7-4-12-20-19(25)15-5-2-1-3-6-15)21-16-10-8-14(9-11-16)17-13-26-23-22-17/h1-3,5-6,8-11,13H,4,7,12H2,(H,20,25)(H,21,24). The lowest BCUT2D eigenvalue weighted by Crippen LogP contribution is -2.25. The molecule has 3 aromatic rings. The average molecular weight is 366 g/mol. The van der Waals surface area contributed by atoms with Gasteiger partial charge in [0, 0.05) is 35.2 Å². The summed E-state index contributed by atoms with van der Waals surface area (Å²) in [6.07, 6.45) is 0.916. The summed E-state index contributed by atoms with van der Waals surface area (Å²) in [7, 11) is 0. The van der Waals surface area contributed by atoms with Crippen LogP contribution < -0.4 is 10.6 Å². The summed E-state index contributed by atoms with van der Waals surface area (Å²) in [5.41, 5.74) is 3.13. The topological polar surface area (TPSA) is 84.0 Å². The number of rotatable bonds is 7. The highest BCUT2D eigenvalue weighted by atomic mass is 32.1. The van der Waals surface area contributed by atoms with Crippen molar-refractivity contribution in [2.45, 2.75) is 12.8 Å². The number of amides is 2. The highest BCUT2D eigenvalue weighted by Gasteiger charge is 2.06. The van der Waals surface area contributed by atoms with Crippen LogP contribution in [0.25, 0.3) is 11.3 Å². The Kier molecular flexibility index (Phi) is 6.05. The van der Waals surface area contributed by atoms with Crippen molar-refractivity contribution in [3.05, 3.63) is 65.5 Å². The van der Waals surface area contributed by atoms with Crippen LogP contribution in [0.3, 0.4) is 0 Å². The van der Waals surface area contributed by atoms with Crippen LogP contribution in [0.5, 0.6) is 0 Å². The SMILES string of the molecule is O=C(CCCNC(=O)c1ccccc1)Nc1ccc(-c2csnn2)cc1. The molecule has 2 aromatic carbocycles. The number of aromatic nitrogens is 2. The van der Waals surface area contributed by atoms with Gasteiger partial charge >= 0.3 is 0 Å². The molecule has 0 spiro atoms. The van der Waals surface area contributed by atoms with Gasteiger partial charge in [0.1, 0.15) is 5.69 Å². The van der Waals surface area contributed by atoms with Crippen molar-refractivity contribution in [1.29, 1.82) is 0 Å². The molecule has 0 radical (unpaired) electrons. The monoisotopic (exact) mass is 366 g/mol. The van der Waals surface area contributed by atoms with Gasteiger partial charge in [-0.1, -0.05) is 34.8 Å². The Morgan fingerprint density at radius 3 is 2.46 bits per heavy atom. The summed E-state index contributed by atoms with van der Waals surface area (Å²) in [5, 5.41) is 11.5. The Morgan fingerprint density at radius 2 is 1.77 bits per heavy atom. The number of benzene rings is 2. The summed E-state index contributed by atoms with van der Waals surface area (Å²) < 4.78 is 3.83. The minimum Gasteiger partial charge on any atom is -0.352 e. The Balaban J connectivity index is 1.39. The van der Waals surface area contributed by atoms with E-state index >= 15 is 0 Å². The van der Waals surface area contributed by atoms with Crippen LogP contribution in [0.4, 0.5) is 5.69 Å². The van der Waals surface area contributed by atoms with Crippen LogP contribution in [0.1, 0.15) is 23.2 Å². The first-order chi connectivity index (χ1) is 12.7. The number of carbonyl (C=O) groups excluding carboxylic acids is 2. The van der Waals surface area contributed by atoms with E-state index in [2.05, 4.69) is 20.2 Å². The fourth-order valence-corrected chi connectivity index (χ4v) is 2.85.